The van der Waals surface area contributed by atoms with Crippen molar-refractivity contribution in [2.45, 2.75) is 0 Å². The van der Waals surface area contributed by atoms with Crippen molar-refractivity contribution in [3.05, 3.63) is 62.9 Å². The van der Waals surface area contributed by atoms with Gasteiger partial charge in [0.15, 0.2) is 5.82 Å². The Morgan fingerprint density at radius 1 is 1.29 bits per heavy atom. The summed E-state index contributed by atoms with van der Waals surface area (Å²) < 4.78 is 13.7. The Balaban J connectivity index is 2.35. The van der Waals surface area contributed by atoms with Crippen LogP contribution in [-0.4, -0.2) is 10.8 Å². The zero-order chi connectivity index (χ0) is 15.6. The number of benzene rings is 2. The van der Waals surface area contributed by atoms with E-state index in [2.05, 4.69) is 5.32 Å². The van der Waals surface area contributed by atoms with E-state index < -0.39 is 22.3 Å². The van der Waals surface area contributed by atoms with Gasteiger partial charge >= 0.3 is 0 Å². The smallest absolute Gasteiger partial charge is 0.292 e. The molecule has 2 rings (SSSR count). The molecule has 8 heteroatoms. The summed E-state index contributed by atoms with van der Waals surface area (Å²) in [7, 11) is 0. The van der Waals surface area contributed by atoms with Gasteiger partial charge in [0, 0.05) is 6.07 Å². The summed E-state index contributed by atoms with van der Waals surface area (Å²) in [5.41, 5.74) is 4.64. The fourth-order valence-electron chi connectivity index (χ4n) is 1.70. The highest BCUT2D eigenvalue weighted by atomic mass is 35.5. The lowest BCUT2D eigenvalue weighted by Crippen LogP contribution is -2.15. The molecule has 0 fully saturated rings. The number of nitro groups is 1. The highest BCUT2D eigenvalue weighted by Gasteiger charge is 2.20. The van der Waals surface area contributed by atoms with E-state index in [1.807, 2.05) is 0 Å². The second-order valence-corrected chi connectivity index (χ2v) is 4.46. The molecule has 0 spiro atoms. The van der Waals surface area contributed by atoms with E-state index in [-0.39, 0.29) is 22.0 Å². The van der Waals surface area contributed by atoms with Gasteiger partial charge in [0.1, 0.15) is 5.69 Å². The summed E-state index contributed by atoms with van der Waals surface area (Å²) in [6, 6.07) is 7.89. The van der Waals surface area contributed by atoms with E-state index in [0.717, 1.165) is 0 Å². The molecule has 0 aliphatic carbocycles. The number of hydrogen-bond donors (Lipinski definition) is 2. The van der Waals surface area contributed by atoms with Crippen LogP contribution < -0.4 is 11.1 Å². The predicted molar refractivity (Wildman–Crippen MR) is 76.9 cm³/mol. The molecule has 0 unspecified atom stereocenters. The summed E-state index contributed by atoms with van der Waals surface area (Å²) in [4.78, 5) is 22.1. The first-order valence-electron chi connectivity index (χ1n) is 5.70. The number of amides is 1. The Labute approximate surface area is 123 Å². The second-order valence-electron chi connectivity index (χ2n) is 4.05. The quantitative estimate of drug-likeness (QED) is 0.516. The monoisotopic (exact) mass is 309 g/mol. The summed E-state index contributed by atoms with van der Waals surface area (Å²) in [5, 5.41) is 12.9. The highest BCUT2D eigenvalue weighted by molar-refractivity contribution is 6.31. The van der Waals surface area contributed by atoms with Crippen LogP contribution in [0, 0.1) is 15.9 Å². The van der Waals surface area contributed by atoms with Gasteiger partial charge in [0.05, 0.1) is 21.2 Å². The first kappa shape index (κ1) is 14.7. The third kappa shape index (κ3) is 2.92. The lowest BCUT2D eigenvalue weighted by atomic mass is 10.1. The number of nitrogens with two attached hydrogens (primary N) is 1. The van der Waals surface area contributed by atoms with Gasteiger partial charge in [0.25, 0.3) is 11.6 Å². The number of carbonyl (C=O) groups excluding carboxylic acids is 1. The zero-order valence-corrected chi connectivity index (χ0v) is 11.2. The number of nitrogens with one attached hydrogen (secondary N) is 1. The zero-order valence-electron chi connectivity index (χ0n) is 10.5. The van der Waals surface area contributed by atoms with Gasteiger partial charge in [-0.3, -0.25) is 14.9 Å². The number of nitrogen functional groups attached to an aromatic ring is 1. The van der Waals surface area contributed by atoms with Crippen molar-refractivity contribution in [3.8, 4) is 0 Å². The van der Waals surface area contributed by atoms with Crippen molar-refractivity contribution in [2.75, 3.05) is 11.1 Å². The number of halogens is 2. The van der Waals surface area contributed by atoms with E-state index in [4.69, 9.17) is 17.3 Å². The molecular formula is C13H9ClFN3O3. The largest absolute Gasteiger partial charge is 0.393 e. The molecule has 1 amide bonds. The maximum atomic E-state index is 13.7. The van der Waals surface area contributed by atoms with Crippen LogP contribution in [0.2, 0.25) is 5.02 Å². The van der Waals surface area contributed by atoms with Crippen molar-refractivity contribution in [1.82, 2.24) is 0 Å². The van der Waals surface area contributed by atoms with Gasteiger partial charge in [-0.1, -0.05) is 23.7 Å². The minimum Gasteiger partial charge on any atom is -0.393 e. The normalized spacial score (nSPS) is 10.2. The maximum absolute atomic E-state index is 13.7. The molecule has 108 valence electrons. The summed E-state index contributed by atoms with van der Waals surface area (Å²) in [5.74, 6) is -1.56. The number of hydrogen-bond acceptors (Lipinski definition) is 4. The van der Waals surface area contributed by atoms with Crippen molar-refractivity contribution in [2.24, 2.45) is 0 Å². The Kier molecular flexibility index (Phi) is 4.04. The first-order chi connectivity index (χ1) is 9.91. The van der Waals surface area contributed by atoms with Crippen LogP contribution in [0.15, 0.2) is 36.4 Å². The van der Waals surface area contributed by atoms with Crippen molar-refractivity contribution >= 4 is 34.6 Å². The molecular weight excluding hydrogens is 301 g/mol. The Hall–Kier alpha value is -2.67. The van der Waals surface area contributed by atoms with Gasteiger partial charge in [-0.15, -0.1) is 0 Å². The third-order valence-corrected chi connectivity index (χ3v) is 3.02. The molecule has 3 N–H and O–H groups in total. The van der Waals surface area contributed by atoms with Crippen LogP contribution in [0.1, 0.15) is 10.4 Å². The van der Waals surface area contributed by atoms with Crippen LogP contribution in [0.3, 0.4) is 0 Å². The average Bonchev–Trinajstić information content (AvgIpc) is 2.43. The maximum Gasteiger partial charge on any atom is 0.292 e. The van der Waals surface area contributed by atoms with Gasteiger partial charge in [-0.05, 0) is 18.2 Å². The van der Waals surface area contributed by atoms with Crippen LogP contribution >= 0.6 is 11.6 Å². The fourth-order valence-corrected chi connectivity index (χ4v) is 1.87. The molecule has 0 aliphatic heterocycles. The number of anilines is 2. The third-order valence-electron chi connectivity index (χ3n) is 2.72. The first-order valence-corrected chi connectivity index (χ1v) is 6.08. The van der Waals surface area contributed by atoms with Gasteiger partial charge in [-0.25, -0.2) is 4.39 Å². The summed E-state index contributed by atoms with van der Waals surface area (Å²) >= 11 is 5.60. The van der Waals surface area contributed by atoms with Gasteiger partial charge in [-0.2, -0.15) is 0 Å². The summed E-state index contributed by atoms with van der Waals surface area (Å²) in [6.45, 7) is 0. The molecule has 0 aliphatic rings. The average molecular weight is 310 g/mol. The van der Waals surface area contributed by atoms with E-state index in [1.165, 1.54) is 36.4 Å². The van der Waals surface area contributed by atoms with Gasteiger partial charge < -0.3 is 11.1 Å². The SMILES string of the molecule is Nc1c(C(=O)Nc2cccc(Cl)c2F)cccc1[N+](=O)[O-]. The summed E-state index contributed by atoms with van der Waals surface area (Å²) in [6.07, 6.45) is 0. The molecule has 0 saturated carbocycles. The van der Waals surface area contributed by atoms with Crippen LogP contribution in [0.4, 0.5) is 21.5 Å². The Morgan fingerprint density at radius 3 is 2.62 bits per heavy atom. The molecule has 2 aromatic carbocycles. The lowest BCUT2D eigenvalue weighted by Gasteiger charge is -2.09. The lowest BCUT2D eigenvalue weighted by molar-refractivity contribution is -0.383. The minimum atomic E-state index is -0.795. The number of nitrogens with zero attached hydrogens (tertiary/aromatic N) is 1. The predicted octanol–water partition coefficient (Wildman–Crippen LogP) is 3.22. The molecule has 2 aromatic rings. The number of rotatable bonds is 3. The minimum absolute atomic E-state index is 0.122. The van der Waals surface area contributed by atoms with E-state index in [9.17, 15) is 19.3 Å². The van der Waals surface area contributed by atoms with Gasteiger partial charge in [0.2, 0.25) is 0 Å². The van der Waals surface area contributed by atoms with Crippen molar-refractivity contribution in [3.63, 3.8) is 0 Å². The number of carbonyl (C=O) groups is 1. The van der Waals surface area contributed by atoms with Crippen molar-refractivity contribution in [1.29, 1.82) is 0 Å². The van der Waals surface area contributed by atoms with Crippen molar-refractivity contribution < 1.29 is 14.1 Å². The van der Waals surface area contributed by atoms with Crippen LogP contribution in [0.25, 0.3) is 0 Å². The van der Waals surface area contributed by atoms with Crippen LogP contribution in [-0.2, 0) is 0 Å². The number of nitro benzene ring substituents is 1. The topological polar surface area (TPSA) is 98.3 Å². The highest BCUT2D eigenvalue weighted by Crippen LogP contribution is 2.27. The standard InChI is InChI=1S/C13H9ClFN3O3/c14-8-4-2-5-9(11(8)15)17-13(19)7-3-1-6-10(12(7)16)18(20)21/h1-6H,16H2,(H,17,19). The van der Waals surface area contributed by atoms with Crippen LogP contribution in [0.5, 0.6) is 0 Å². The fraction of sp³-hybridized carbons (Fsp3) is 0. The molecule has 0 atom stereocenters. The molecule has 0 aromatic heterocycles. The van der Waals surface area contributed by atoms with E-state index in [0.29, 0.717) is 0 Å². The Morgan fingerprint density at radius 2 is 1.95 bits per heavy atom. The molecule has 21 heavy (non-hydrogen) atoms. The molecule has 0 saturated heterocycles. The number of para-hydroxylation sites is 1. The molecule has 0 bridgehead atoms. The second kappa shape index (κ2) is 5.76. The Bertz CT molecular complexity index is 737. The van der Waals surface area contributed by atoms with E-state index in [1.54, 1.807) is 0 Å². The molecule has 0 radical (unpaired) electrons. The molecule has 6 nitrogen and oxygen atoms in total. The van der Waals surface area contributed by atoms with E-state index >= 15 is 0 Å². The molecule has 0 heterocycles.